The summed E-state index contributed by atoms with van der Waals surface area (Å²) in [7, 11) is 1.37. The largest absolute Gasteiger partial charge is 0.467 e. The second kappa shape index (κ2) is 7.31. The molecule has 0 bridgehead atoms. The predicted molar refractivity (Wildman–Crippen MR) is 91.9 cm³/mol. The third-order valence-electron chi connectivity index (χ3n) is 5.07. The van der Waals surface area contributed by atoms with Crippen molar-refractivity contribution < 1.29 is 14.3 Å². The molecular formula is C16H25N5O3S. The SMILES string of the molecule is COC(=O)C1(NC(=O)C(C)Sc2nnnn2C2CC2)CCC(C)CC1. The van der Waals surface area contributed by atoms with Crippen LogP contribution in [0.4, 0.5) is 0 Å². The molecule has 25 heavy (non-hydrogen) atoms. The number of nitrogens with zero attached hydrogens (tertiary/aromatic N) is 4. The van der Waals surface area contributed by atoms with Gasteiger partial charge in [-0.15, -0.1) is 5.10 Å². The van der Waals surface area contributed by atoms with Gasteiger partial charge in [-0.2, -0.15) is 0 Å². The quantitative estimate of drug-likeness (QED) is 0.604. The minimum Gasteiger partial charge on any atom is -0.467 e. The van der Waals surface area contributed by atoms with E-state index in [0.29, 0.717) is 30.0 Å². The average molecular weight is 367 g/mol. The molecule has 0 aliphatic heterocycles. The molecule has 2 fully saturated rings. The van der Waals surface area contributed by atoms with E-state index in [4.69, 9.17) is 4.74 Å². The molecule has 1 unspecified atom stereocenters. The van der Waals surface area contributed by atoms with Crippen LogP contribution in [0.1, 0.15) is 58.4 Å². The lowest BCUT2D eigenvalue weighted by molar-refractivity contribution is -0.153. The Morgan fingerprint density at radius 1 is 1.32 bits per heavy atom. The number of rotatable bonds is 6. The molecule has 0 aromatic carbocycles. The molecule has 1 N–H and O–H groups in total. The van der Waals surface area contributed by atoms with E-state index in [1.54, 1.807) is 4.68 Å². The molecule has 0 saturated heterocycles. The van der Waals surface area contributed by atoms with Crippen LogP contribution in [0.2, 0.25) is 0 Å². The number of esters is 1. The third kappa shape index (κ3) is 3.96. The summed E-state index contributed by atoms with van der Waals surface area (Å²) in [5, 5.41) is 14.9. The van der Waals surface area contributed by atoms with Crippen molar-refractivity contribution in [3.05, 3.63) is 0 Å². The van der Waals surface area contributed by atoms with Gasteiger partial charge in [-0.1, -0.05) is 18.7 Å². The van der Waals surface area contributed by atoms with Gasteiger partial charge in [-0.3, -0.25) is 4.79 Å². The Kier molecular flexibility index (Phi) is 5.31. The minimum absolute atomic E-state index is 0.185. The number of carbonyl (C=O) groups is 2. The van der Waals surface area contributed by atoms with Crippen LogP contribution in [-0.4, -0.2) is 50.0 Å². The Morgan fingerprint density at radius 3 is 2.60 bits per heavy atom. The fourth-order valence-electron chi connectivity index (χ4n) is 3.19. The maximum absolute atomic E-state index is 12.7. The average Bonchev–Trinajstić information content (AvgIpc) is 3.35. The van der Waals surface area contributed by atoms with Crippen molar-refractivity contribution in [1.29, 1.82) is 0 Å². The van der Waals surface area contributed by atoms with E-state index in [1.165, 1.54) is 18.9 Å². The lowest BCUT2D eigenvalue weighted by Crippen LogP contribution is -2.58. The van der Waals surface area contributed by atoms with E-state index in [1.807, 2.05) is 6.92 Å². The molecule has 2 aliphatic rings. The molecule has 2 saturated carbocycles. The lowest BCUT2D eigenvalue weighted by atomic mass is 9.77. The van der Waals surface area contributed by atoms with E-state index in [2.05, 4.69) is 27.8 Å². The Balaban J connectivity index is 1.66. The number of hydrogen-bond donors (Lipinski definition) is 1. The highest BCUT2D eigenvalue weighted by Crippen LogP contribution is 2.37. The van der Waals surface area contributed by atoms with Crippen molar-refractivity contribution in [3.63, 3.8) is 0 Å². The van der Waals surface area contributed by atoms with Gasteiger partial charge in [-0.05, 0) is 61.8 Å². The summed E-state index contributed by atoms with van der Waals surface area (Å²) in [6.07, 6.45) is 5.17. The molecular weight excluding hydrogens is 342 g/mol. The fraction of sp³-hybridized carbons (Fsp3) is 0.812. The first-order valence-electron chi connectivity index (χ1n) is 8.80. The van der Waals surface area contributed by atoms with Crippen LogP contribution in [0, 0.1) is 5.92 Å². The first-order valence-corrected chi connectivity index (χ1v) is 9.68. The molecule has 2 aliphatic carbocycles. The standard InChI is InChI=1S/C16H25N5O3S/c1-10-6-8-16(9-7-10,14(23)24-3)17-13(22)11(2)25-15-18-19-20-21(15)12-4-5-12/h10-12H,4-9H2,1-3H3,(H,17,22). The zero-order valence-corrected chi connectivity index (χ0v) is 15.7. The Labute approximate surface area is 151 Å². The number of hydrogen-bond acceptors (Lipinski definition) is 7. The number of ether oxygens (including phenoxy) is 1. The topological polar surface area (TPSA) is 99.0 Å². The number of aromatic nitrogens is 4. The van der Waals surface area contributed by atoms with E-state index in [0.717, 1.165) is 25.7 Å². The smallest absolute Gasteiger partial charge is 0.331 e. The second-order valence-corrected chi connectivity index (χ2v) is 8.45. The zero-order chi connectivity index (χ0) is 18.0. The van der Waals surface area contributed by atoms with E-state index in [9.17, 15) is 9.59 Å². The summed E-state index contributed by atoms with van der Waals surface area (Å²) in [6, 6.07) is 0.356. The molecule has 9 heteroatoms. The normalized spacial score (nSPS) is 27.6. The highest BCUT2D eigenvalue weighted by molar-refractivity contribution is 8.00. The number of carbonyl (C=O) groups excluding carboxylic acids is 2. The lowest BCUT2D eigenvalue weighted by Gasteiger charge is -2.38. The van der Waals surface area contributed by atoms with Gasteiger partial charge in [0.15, 0.2) is 0 Å². The van der Waals surface area contributed by atoms with Gasteiger partial charge >= 0.3 is 5.97 Å². The number of nitrogens with one attached hydrogen (secondary N) is 1. The summed E-state index contributed by atoms with van der Waals surface area (Å²) in [6.45, 7) is 3.97. The highest BCUT2D eigenvalue weighted by atomic mass is 32.2. The molecule has 1 heterocycles. The van der Waals surface area contributed by atoms with Crippen molar-refractivity contribution in [3.8, 4) is 0 Å². The molecule has 138 valence electrons. The highest BCUT2D eigenvalue weighted by Gasteiger charge is 2.44. The fourth-order valence-corrected chi connectivity index (χ4v) is 4.05. The number of amides is 1. The molecule has 8 nitrogen and oxygen atoms in total. The van der Waals surface area contributed by atoms with Crippen LogP contribution < -0.4 is 5.32 Å². The zero-order valence-electron chi connectivity index (χ0n) is 14.9. The van der Waals surface area contributed by atoms with Crippen molar-refractivity contribution in [2.45, 2.75) is 74.4 Å². The first-order chi connectivity index (χ1) is 11.9. The van der Waals surface area contributed by atoms with Gasteiger partial charge in [0, 0.05) is 0 Å². The van der Waals surface area contributed by atoms with Crippen LogP contribution in [0.25, 0.3) is 0 Å². The van der Waals surface area contributed by atoms with Crippen LogP contribution >= 0.6 is 11.8 Å². The number of thioether (sulfide) groups is 1. The van der Waals surface area contributed by atoms with Gasteiger partial charge < -0.3 is 10.1 Å². The molecule has 0 radical (unpaired) electrons. The van der Waals surface area contributed by atoms with E-state index < -0.39 is 10.8 Å². The molecule has 1 atom stereocenters. The summed E-state index contributed by atoms with van der Waals surface area (Å²) < 4.78 is 6.76. The van der Waals surface area contributed by atoms with Crippen LogP contribution in [0.5, 0.6) is 0 Å². The maximum atomic E-state index is 12.7. The van der Waals surface area contributed by atoms with Crippen LogP contribution in [-0.2, 0) is 14.3 Å². The third-order valence-corrected chi connectivity index (χ3v) is 6.12. The summed E-state index contributed by atoms with van der Waals surface area (Å²) in [4.78, 5) is 25.1. The van der Waals surface area contributed by atoms with Crippen molar-refractivity contribution in [1.82, 2.24) is 25.5 Å². The number of methoxy groups -OCH3 is 1. The van der Waals surface area contributed by atoms with E-state index >= 15 is 0 Å². The minimum atomic E-state index is -0.907. The first kappa shape index (κ1) is 18.2. The van der Waals surface area contributed by atoms with Gasteiger partial charge in [0.25, 0.3) is 0 Å². The van der Waals surface area contributed by atoms with Gasteiger partial charge in [0.2, 0.25) is 11.1 Å². The summed E-state index contributed by atoms with van der Waals surface area (Å²) in [5.41, 5.74) is -0.907. The monoisotopic (exact) mass is 367 g/mol. The number of tetrazole rings is 1. The van der Waals surface area contributed by atoms with Crippen molar-refractivity contribution in [2.75, 3.05) is 7.11 Å². The van der Waals surface area contributed by atoms with Gasteiger partial charge in [-0.25, -0.2) is 9.48 Å². The summed E-state index contributed by atoms with van der Waals surface area (Å²) in [5.74, 6) is 0.0210. The van der Waals surface area contributed by atoms with E-state index in [-0.39, 0.29) is 11.9 Å². The van der Waals surface area contributed by atoms with Crippen molar-refractivity contribution >= 4 is 23.6 Å². The predicted octanol–water partition coefficient (Wildman–Crippen LogP) is 1.73. The van der Waals surface area contributed by atoms with Crippen molar-refractivity contribution in [2.24, 2.45) is 5.92 Å². The molecule has 3 rings (SSSR count). The Hall–Kier alpha value is -1.64. The molecule has 1 aromatic heterocycles. The summed E-state index contributed by atoms with van der Waals surface area (Å²) >= 11 is 1.32. The Bertz CT molecular complexity index is 637. The van der Waals surface area contributed by atoms with Crippen LogP contribution in [0.3, 0.4) is 0 Å². The van der Waals surface area contributed by atoms with Crippen LogP contribution in [0.15, 0.2) is 5.16 Å². The van der Waals surface area contributed by atoms with Gasteiger partial charge in [0.1, 0.15) is 5.54 Å². The maximum Gasteiger partial charge on any atom is 0.331 e. The molecule has 1 aromatic rings. The molecule has 1 amide bonds. The second-order valence-electron chi connectivity index (χ2n) is 7.14. The van der Waals surface area contributed by atoms with Gasteiger partial charge in [0.05, 0.1) is 18.4 Å². The Morgan fingerprint density at radius 2 is 2.00 bits per heavy atom. The molecule has 0 spiro atoms.